The highest BCUT2D eigenvalue weighted by Crippen LogP contribution is 2.33. The summed E-state index contributed by atoms with van der Waals surface area (Å²) in [6.07, 6.45) is 1.04. The quantitative estimate of drug-likeness (QED) is 0.722. The summed E-state index contributed by atoms with van der Waals surface area (Å²) in [6, 6.07) is 4.23. The van der Waals surface area contributed by atoms with Gasteiger partial charge < -0.3 is 4.74 Å². The van der Waals surface area contributed by atoms with E-state index in [2.05, 4.69) is 44.0 Å². The van der Waals surface area contributed by atoms with Gasteiger partial charge >= 0.3 is 0 Å². The number of alkyl halides is 1. The van der Waals surface area contributed by atoms with Crippen molar-refractivity contribution in [3.05, 3.63) is 27.7 Å². The fourth-order valence-corrected chi connectivity index (χ4v) is 2.41. The highest BCUT2D eigenvalue weighted by molar-refractivity contribution is 9.10. The second-order valence-electron chi connectivity index (χ2n) is 2.79. The monoisotopic (exact) mass is 290 g/mol. The molecule has 0 aliphatic carbocycles. The van der Waals surface area contributed by atoms with Crippen LogP contribution in [0.1, 0.15) is 11.1 Å². The third-order valence-corrected chi connectivity index (χ3v) is 3.03. The standard InChI is InChI=1S/C9H8Br2O/c10-5-7-4-8(11)3-6-1-2-12-9(6)7/h3-4H,1-2,5H2. The van der Waals surface area contributed by atoms with Gasteiger partial charge in [0, 0.05) is 21.8 Å². The van der Waals surface area contributed by atoms with Crippen LogP contribution in [0.25, 0.3) is 0 Å². The molecule has 12 heavy (non-hydrogen) atoms. The molecule has 0 N–H and O–H groups in total. The summed E-state index contributed by atoms with van der Waals surface area (Å²) in [7, 11) is 0. The van der Waals surface area contributed by atoms with E-state index >= 15 is 0 Å². The van der Waals surface area contributed by atoms with Crippen molar-refractivity contribution in [2.24, 2.45) is 0 Å². The Kier molecular flexibility index (Phi) is 2.42. The Hall–Kier alpha value is -0.0200. The number of hydrogen-bond donors (Lipinski definition) is 0. The van der Waals surface area contributed by atoms with Gasteiger partial charge in [-0.3, -0.25) is 0 Å². The number of rotatable bonds is 1. The van der Waals surface area contributed by atoms with Gasteiger partial charge in [-0.15, -0.1) is 0 Å². The minimum absolute atomic E-state index is 0.825. The van der Waals surface area contributed by atoms with Crippen molar-refractivity contribution in [1.29, 1.82) is 0 Å². The largest absolute Gasteiger partial charge is 0.493 e. The van der Waals surface area contributed by atoms with Gasteiger partial charge in [0.15, 0.2) is 0 Å². The molecular formula is C9H8Br2O. The highest BCUT2D eigenvalue weighted by Gasteiger charge is 2.16. The maximum atomic E-state index is 5.52. The molecule has 0 radical (unpaired) electrons. The zero-order valence-electron chi connectivity index (χ0n) is 6.44. The van der Waals surface area contributed by atoms with Crippen molar-refractivity contribution in [2.45, 2.75) is 11.8 Å². The molecule has 0 fully saturated rings. The van der Waals surface area contributed by atoms with Gasteiger partial charge in [0.25, 0.3) is 0 Å². The molecule has 1 aromatic rings. The van der Waals surface area contributed by atoms with E-state index in [0.29, 0.717) is 0 Å². The first-order valence-corrected chi connectivity index (χ1v) is 5.73. The maximum Gasteiger partial charge on any atom is 0.126 e. The Bertz CT molecular complexity index is 310. The van der Waals surface area contributed by atoms with Gasteiger partial charge in [-0.2, -0.15) is 0 Å². The van der Waals surface area contributed by atoms with Crippen LogP contribution in [0.2, 0.25) is 0 Å². The lowest BCUT2D eigenvalue weighted by atomic mass is 10.1. The van der Waals surface area contributed by atoms with Gasteiger partial charge in [-0.05, 0) is 17.7 Å². The lowest BCUT2D eigenvalue weighted by Gasteiger charge is -2.05. The molecule has 2 rings (SSSR count). The molecule has 0 aromatic heterocycles. The minimum Gasteiger partial charge on any atom is -0.493 e. The molecule has 0 amide bonds. The normalized spacial score (nSPS) is 14.2. The Morgan fingerprint density at radius 3 is 3.00 bits per heavy atom. The summed E-state index contributed by atoms with van der Waals surface area (Å²) in [5, 5.41) is 0.856. The van der Waals surface area contributed by atoms with Crippen LogP contribution >= 0.6 is 31.9 Å². The number of benzene rings is 1. The topological polar surface area (TPSA) is 9.23 Å². The molecule has 64 valence electrons. The second-order valence-corrected chi connectivity index (χ2v) is 4.26. The smallest absolute Gasteiger partial charge is 0.126 e. The molecular weight excluding hydrogens is 284 g/mol. The van der Waals surface area contributed by atoms with E-state index in [1.54, 1.807) is 0 Å². The number of ether oxygens (including phenoxy) is 1. The summed E-state index contributed by atoms with van der Waals surface area (Å²) < 4.78 is 6.66. The fourth-order valence-electron chi connectivity index (χ4n) is 1.45. The van der Waals surface area contributed by atoms with Gasteiger partial charge in [-0.1, -0.05) is 31.9 Å². The molecule has 0 saturated heterocycles. The first-order chi connectivity index (χ1) is 5.81. The zero-order chi connectivity index (χ0) is 8.55. The van der Waals surface area contributed by atoms with Crippen molar-refractivity contribution in [2.75, 3.05) is 6.61 Å². The van der Waals surface area contributed by atoms with Crippen molar-refractivity contribution in [1.82, 2.24) is 0 Å². The number of hydrogen-bond acceptors (Lipinski definition) is 1. The van der Waals surface area contributed by atoms with Crippen LogP contribution in [0.5, 0.6) is 5.75 Å². The summed E-state index contributed by atoms with van der Waals surface area (Å²) in [5.74, 6) is 1.08. The van der Waals surface area contributed by atoms with E-state index in [4.69, 9.17) is 4.74 Å². The molecule has 1 aromatic carbocycles. The molecule has 0 atom stereocenters. The van der Waals surface area contributed by atoms with Crippen LogP contribution in [0.15, 0.2) is 16.6 Å². The van der Waals surface area contributed by atoms with Crippen LogP contribution in [-0.4, -0.2) is 6.61 Å². The van der Waals surface area contributed by atoms with Gasteiger partial charge in [-0.25, -0.2) is 0 Å². The summed E-state index contributed by atoms with van der Waals surface area (Å²) in [6.45, 7) is 0.825. The lowest BCUT2D eigenvalue weighted by Crippen LogP contribution is -1.89. The van der Waals surface area contributed by atoms with Crippen molar-refractivity contribution >= 4 is 31.9 Å². The van der Waals surface area contributed by atoms with Crippen LogP contribution in [-0.2, 0) is 11.8 Å². The predicted molar refractivity (Wildman–Crippen MR) is 56.0 cm³/mol. The molecule has 3 heteroatoms. The molecule has 0 bridgehead atoms. The Morgan fingerprint density at radius 1 is 1.42 bits per heavy atom. The number of fused-ring (bicyclic) bond motifs is 1. The van der Waals surface area contributed by atoms with Crippen molar-refractivity contribution < 1.29 is 4.74 Å². The average Bonchev–Trinajstić information content (AvgIpc) is 2.50. The molecule has 1 heterocycles. The number of halogens is 2. The van der Waals surface area contributed by atoms with Gasteiger partial charge in [0.05, 0.1) is 6.61 Å². The Morgan fingerprint density at radius 2 is 2.25 bits per heavy atom. The molecule has 1 aliphatic heterocycles. The predicted octanol–water partition coefficient (Wildman–Crippen LogP) is 3.28. The average molecular weight is 292 g/mol. The van der Waals surface area contributed by atoms with E-state index in [9.17, 15) is 0 Å². The minimum atomic E-state index is 0.825. The lowest BCUT2D eigenvalue weighted by molar-refractivity contribution is 0.354. The van der Waals surface area contributed by atoms with Crippen LogP contribution in [0.4, 0.5) is 0 Å². The molecule has 0 unspecified atom stereocenters. The highest BCUT2D eigenvalue weighted by atomic mass is 79.9. The second kappa shape index (κ2) is 3.38. The third kappa shape index (κ3) is 1.40. The Labute approximate surface area is 88.4 Å². The van der Waals surface area contributed by atoms with E-state index < -0.39 is 0 Å². The van der Waals surface area contributed by atoms with Crippen molar-refractivity contribution in [3.63, 3.8) is 0 Å². The van der Waals surface area contributed by atoms with Crippen molar-refractivity contribution in [3.8, 4) is 5.75 Å². The van der Waals surface area contributed by atoms with Crippen LogP contribution in [0, 0.1) is 0 Å². The third-order valence-electron chi connectivity index (χ3n) is 1.97. The van der Waals surface area contributed by atoms with E-state index in [-0.39, 0.29) is 0 Å². The SMILES string of the molecule is BrCc1cc(Br)cc2c1OCC2. The van der Waals surface area contributed by atoms with E-state index in [1.165, 1.54) is 11.1 Å². The first-order valence-electron chi connectivity index (χ1n) is 3.81. The van der Waals surface area contributed by atoms with Gasteiger partial charge in [0.1, 0.15) is 5.75 Å². The van der Waals surface area contributed by atoms with Crippen LogP contribution in [0.3, 0.4) is 0 Å². The molecule has 1 nitrogen and oxygen atoms in total. The summed E-state index contributed by atoms with van der Waals surface area (Å²) in [5.41, 5.74) is 2.55. The first kappa shape index (κ1) is 8.57. The molecule has 0 saturated carbocycles. The fraction of sp³-hybridized carbons (Fsp3) is 0.333. The molecule has 1 aliphatic rings. The Balaban J connectivity index is 2.55. The van der Waals surface area contributed by atoms with E-state index in [1.807, 2.05) is 0 Å². The van der Waals surface area contributed by atoms with E-state index in [0.717, 1.165) is 28.6 Å². The molecule has 0 spiro atoms. The zero-order valence-corrected chi connectivity index (χ0v) is 9.61. The maximum absolute atomic E-state index is 5.52. The van der Waals surface area contributed by atoms with Crippen LogP contribution < -0.4 is 4.74 Å². The summed E-state index contributed by atoms with van der Waals surface area (Å²) in [4.78, 5) is 0. The summed E-state index contributed by atoms with van der Waals surface area (Å²) >= 11 is 6.92. The van der Waals surface area contributed by atoms with Gasteiger partial charge in [0.2, 0.25) is 0 Å².